The topological polar surface area (TPSA) is 77.8 Å². The fourth-order valence-corrected chi connectivity index (χ4v) is 0.965. The maximum Gasteiger partial charge on any atom is 0.325 e. The Morgan fingerprint density at radius 3 is 2.75 bits per heavy atom. The van der Waals surface area contributed by atoms with Gasteiger partial charge in [0.05, 0.1) is 0 Å². The second-order valence-corrected chi connectivity index (χ2v) is 2.90. The molecule has 1 heterocycles. The first kappa shape index (κ1) is 7.15. The molecule has 0 spiro atoms. The first-order chi connectivity index (χ1) is 5.75. The van der Waals surface area contributed by atoms with E-state index in [2.05, 4.69) is 15.3 Å². The van der Waals surface area contributed by atoms with Crippen molar-refractivity contribution in [2.45, 2.75) is 18.9 Å². The van der Waals surface area contributed by atoms with Crippen LogP contribution in [0.25, 0.3) is 0 Å². The lowest BCUT2D eigenvalue weighted by atomic mass is 10.5. The molecule has 0 aliphatic heterocycles. The SMILES string of the molecule is O=c1[nH]cc(NC2CC2)c(=O)[nH]1. The Morgan fingerprint density at radius 2 is 2.17 bits per heavy atom. The van der Waals surface area contributed by atoms with Gasteiger partial charge in [-0.25, -0.2) is 4.79 Å². The standard InChI is InChI=1S/C7H9N3O2/c11-6-5(9-4-1-2-4)3-8-7(12)10-6/h3-4,9H,1-2H2,(H2,8,10,11,12). The Hall–Kier alpha value is -1.52. The number of H-pyrrole nitrogens is 2. The van der Waals surface area contributed by atoms with Gasteiger partial charge in [-0.05, 0) is 12.8 Å². The van der Waals surface area contributed by atoms with Crippen LogP contribution in [0.3, 0.4) is 0 Å². The average molecular weight is 167 g/mol. The van der Waals surface area contributed by atoms with Crippen LogP contribution in [0.2, 0.25) is 0 Å². The number of anilines is 1. The summed E-state index contributed by atoms with van der Waals surface area (Å²) >= 11 is 0. The van der Waals surface area contributed by atoms with Crippen molar-refractivity contribution in [3.63, 3.8) is 0 Å². The Kier molecular flexibility index (Phi) is 1.49. The molecular formula is C7H9N3O2. The van der Waals surface area contributed by atoms with Crippen LogP contribution in [-0.2, 0) is 0 Å². The van der Waals surface area contributed by atoms with E-state index in [0.717, 1.165) is 12.8 Å². The molecular weight excluding hydrogens is 158 g/mol. The van der Waals surface area contributed by atoms with Crippen molar-refractivity contribution in [3.05, 3.63) is 27.0 Å². The third-order valence-corrected chi connectivity index (χ3v) is 1.76. The Bertz CT molecular complexity index is 388. The van der Waals surface area contributed by atoms with E-state index in [9.17, 15) is 9.59 Å². The van der Waals surface area contributed by atoms with Gasteiger partial charge in [-0.1, -0.05) is 0 Å². The Morgan fingerprint density at radius 1 is 1.42 bits per heavy atom. The summed E-state index contributed by atoms with van der Waals surface area (Å²) in [7, 11) is 0. The van der Waals surface area contributed by atoms with Crippen molar-refractivity contribution in [2.75, 3.05) is 5.32 Å². The van der Waals surface area contributed by atoms with Gasteiger partial charge in [-0.3, -0.25) is 9.78 Å². The van der Waals surface area contributed by atoms with Gasteiger partial charge in [0.15, 0.2) is 0 Å². The van der Waals surface area contributed by atoms with E-state index in [1.54, 1.807) is 0 Å². The molecule has 1 aliphatic rings. The van der Waals surface area contributed by atoms with Gasteiger partial charge in [0, 0.05) is 12.2 Å². The lowest BCUT2D eigenvalue weighted by Gasteiger charge is -1.99. The maximum atomic E-state index is 11.1. The molecule has 0 amide bonds. The Labute approximate surface area is 67.8 Å². The summed E-state index contributed by atoms with van der Waals surface area (Å²) in [5, 5.41) is 3.00. The molecule has 0 aromatic carbocycles. The van der Waals surface area contributed by atoms with Crippen molar-refractivity contribution in [1.29, 1.82) is 0 Å². The molecule has 1 aliphatic carbocycles. The predicted molar refractivity (Wildman–Crippen MR) is 44.3 cm³/mol. The van der Waals surface area contributed by atoms with E-state index in [1.807, 2.05) is 0 Å². The van der Waals surface area contributed by atoms with Crippen LogP contribution in [0.4, 0.5) is 5.69 Å². The number of hydrogen-bond acceptors (Lipinski definition) is 3. The van der Waals surface area contributed by atoms with E-state index in [-0.39, 0.29) is 5.56 Å². The number of rotatable bonds is 2. The summed E-state index contributed by atoms with van der Waals surface area (Å²) in [5.41, 5.74) is -0.385. The van der Waals surface area contributed by atoms with Crippen LogP contribution in [0, 0.1) is 0 Å². The highest BCUT2D eigenvalue weighted by molar-refractivity contribution is 5.39. The smallest absolute Gasteiger partial charge is 0.325 e. The van der Waals surface area contributed by atoms with E-state index in [0.29, 0.717) is 11.7 Å². The highest BCUT2D eigenvalue weighted by atomic mass is 16.2. The fraction of sp³-hybridized carbons (Fsp3) is 0.429. The van der Waals surface area contributed by atoms with E-state index >= 15 is 0 Å². The van der Waals surface area contributed by atoms with Gasteiger partial charge in [-0.2, -0.15) is 0 Å². The molecule has 12 heavy (non-hydrogen) atoms. The normalized spacial score (nSPS) is 16.0. The van der Waals surface area contributed by atoms with E-state index < -0.39 is 5.69 Å². The molecule has 3 N–H and O–H groups in total. The van der Waals surface area contributed by atoms with Crippen LogP contribution in [-0.4, -0.2) is 16.0 Å². The van der Waals surface area contributed by atoms with Crippen LogP contribution >= 0.6 is 0 Å². The third kappa shape index (κ3) is 1.39. The number of nitrogens with one attached hydrogen (secondary N) is 3. The lowest BCUT2D eigenvalue weighted by molar-refractivity contribution is 1.02. The summed E-state index contributed by atoms with van der Waals surface area (Å²) in [5.74, 6) is 0. The Balaban J connectivity index is 2.30. The zero-order chi connectivity index (χ0) is 8.55. The minimum absolute atomic E-state index is 0.356. The molecule has 64 valence electrons. The highest BCUT2D eigenvalue weighted by Gasteiger charge is 2.21. The first-order valence-electron chi connectivity index (χ1n) is 3.84. The second-order valence-electron chi connectivity index (χ2n) is 2.90. The van der Waals surface area contributed by atoms with E-state index in [1.165, 1.54) is 6.20 Å². The molecule has 1 saturated carbocycles. The molecule has 0 atom stereocenters. The predicted octanol–water partition coefficient (Wildman–Crippen LogP) is -0.363. The van der Waals surface area contributed by atoms with Gasteiger partial charge in [0.2, 0.25) is 0 Å². The monoisotopic (exact) mass is 167 g/mol. The van der Waals surface area contributed by atoms with Gasteiger partial charge in [-0.15, -0.1) is 0 Å². The van der Waals surface area contributed by atoms with Gasteiger partial charge >= 0.3 is 5.69 Å². The van der Waals surface area contributed by atoms with Crippen LogP contribution in [0.1, 0.15) is 12.8 Å². The average Bonchev–Trinajstić information content (AvgIpc) is 2.79. The summed E-state index contributed by atoms with van der Waals surface area (Å²) in [4.78, 5) is 26.2. The van der Waals surface area contributed by atoms with Crippen molar-refractivity contribution >= 4 is 5.69 Å². The molecule has 1 aromatic rings. The molecule has 1 aromatic heterocycles. The van der Waals surface area contributed by atoms with Crippen LogP contribution < -0.4 is 16.6 Å². The van der Waals surface area contributed by atoms with Crippen molar-refractivity contribution in [1.82, 2.24) is 9.97 Å². The largest absolute Gasteiger partial charge is 0.377 e. The van der Waals surface area contributed by atoms with Gasteiger partial charge < -0.3 is 10.3 Å². The molecule has 0 bridgehead atoms. The quantitative estimate of drug-likeness (QED) is 0.562. The number of hydrogen-bond donors (Lipinski definition) is 3. The van der Waals surface area contributed by atoms with Crippen molar-refractivity contribution in [3.8, 4) is 0 Å². The van der Waals surface area contributed by atoms with Crippen LogP contribution in [0.15, 0.2) is 15.8 Å². The molecule has 5 nitrogen and oxygen atoms in total. The van der Waals surface area contributed by atoms with Crippen molar-refractivity contribution < 1.29 is 0 Å². The first-order valence-corrected chi connectivity index (χ1v) is 3.84. The summed E-state index contributed by atoms with van der Waals surface area (Å²) in [6.45, 7) is 0. The zero-order valence-electron chi connectivity index (χ0n) is 6.39. The minimum atomic E-state index is -0.471. The minimum Gasteiger partial charge on any atom is -0.377 e. The summed E-state index contributed by atoms with van der Waals surface area (Å²) < 4.78 is 0. The second kappa shape index (κ2) is 2.51. The van der Waals surface area contributed by atoms with Crippen molar-refractivity contribution in [2.24, 2.45) is 0 Å². The number of aromatic amines is 2. The van der Waals surface area contributed by atoms with Gasteiger partial charge in [0.1, 0.15) is 5.69 Å². The molecule has 2 rings (SSSR count). The lowest BCUT2D eigenvalue weighted by Crippen LogP contribution is -2.24. The zero-order valence-corrected chi connectivity index (χ0v) is 6.39. The molecule has 0 saturated heterocycles. The molecule has 0 unspecified atom stereocenters. The maximum absolute atomic E-state index is 11.1. The summed E-state index contributed by atoms with van der Waals surface area (Å²) in [6, 6.07) is 0.414. The third-order valence-electron chi connectivity index (χ3n) is 1.76. The molecule has 5 heteroatoms. The summed E-state index contributed by atoms with van der Waals surface area (Å²) in [6.07, 6.45) is 3.59. The molecule has 0 radical (unpaired) electrons. The van der Waals surface area contributed by atoms with Crippen LogP contribution in [0.5, 0.6) is 0 Å². The van der Waals surface area contributed by atoms with Gasteiger partial charge in [0.25, 0.3) is 5.56 Å². The number of aromatic nitrogens is 2. The highest BCUT2D eigenvalue weighted by Crippen LogP contribution is 2.22. The fourth-order valence-electron chi connectivity index (χ4n) is 0.965. The molecule has 1 fully saturated rings. The van der Waals surface area contributed by atoms with E-state index in [4.69, 9.17) is 0 Å².